The molecule has 0 saturated heterocycles. The van der Waals surface area contributed by atoms with Gasteiger partial charge in [0.25, 0.3) is 0 Å². The number of halogens is 1. The monoisotopic (exact) mass is 214 g/mol. The van der Waals surface area contributed by atoms with Crippen molar-refractivity contribution >= 4 is 11.6 Å². The molecule has 0 amide bonds. The fourth-order valence-electron chi connectivity index (χ4n) is 1.32. The highest BCUT2D eigenvalue weighted by atomic mass is 35.5. The normalized spacial score (nSPS) is 10.6. The molecular formula is C11H19ClN2. The quantitative estimate of drug-likeness (QED) is 0.481. The highest BCUT2D eigenvalue weighted by Gasteiger charge is 2.07. The van der Waals surface area contributed by atoms with Gasteiger partial charge in [-0.05, 0) is 11.5 Å². The van der Waals surface area contributed by atoms with Crippen LogP contribution in [0.1, 0.15) is 20.3 Å². The smallest absolute Gasteiger partial charge is 0.0635 e. The van der Waals surface area contributed by atoms with Crippen molar-refractivity contribution in [3.63, 3.8) is 0 Å². The van der Waals surface area contributed by atoms with E-state index in [1.54, 1.807) is 0 Å². The lowest BCUT2D eigenvalue weighted by Gasteiger charge is -2.23. The summed E-state index contributed by atoms with van der Waals surface area (Å²) < 4.78 is 0. The molecule has 0 spiro atoms. The van der Waals surface area contributed by atoms with Crippen molar-refractivity contribution in [3.8, 4) is 6.07 Å². The zero-order valence-corrected chi connectivity index (χ0v) is 9.85. The minimum atomic E-state index is 0.501. The molecule has 0 radical (unpaired) electrons. The summed E-state index contributed by atoms with van der Waals surface area (Å²) >= 11 is 5.68. The van der Waals surface area contributed by atoms with Gasteiger partial charge in [0.2, 0.25) is 0 Å². The summed E-state index contributed by atoms with van der Waals surface area (Å²) in [6.07, 6.45) is 0.572. The van der Waals surface area contributed by atoms with Crippen molar-refractivity contribution in [1.29, 1.82) is 5.26 Å². The van der Waals surface area contributed by atoms with Crippen LogP contribution in [0.2, 0.25) is 0 Å². The molecule has 0 aromatic heterocycles. The van der Waals surface area contributed by atoms with E-state index in [9.17, 15) is 0 Å². The first-order chi connectivity index (χ1) is 6.60. The van der Waals surface area contributed by atoms with E-state index in [0.717, 1.165) is 25.2 Å². The molecule has 80 valence electrons. The topological polar surface area (TPSA) is 27.0 Å². The van der Waals surface area contributed by atoms with Gasteiger partial charge in [0, 0.05) is 31.9 Å². The molecule has 2 nitrogen and oxygen atoms in total. The molecule has 0 aliphatic rings. The number of alkyl halides is 1. The average molecular weight is 215 g/mol. The van der Waals surface area contributed by atoms with Gasteiger partial charge >= 0.3 is 0 Å². The van der Waals surface area contributed by atoms with Gasteiger partial charge in [0.1, 0.15) is 0 Å². The number of nitrogens with zero attached hydrogens (tertiary/aromatic N) is 2. The van der Waals surface area contributed by atoms with Crippen molar-refractivity contribution in [2.75, 3.05) is 25.5 Å². The lowest BCUT2D eigenvalue weighted by molar-refractivity contribution is 0.269. The van der Waals surface area contributed by atoms with Crippen LogP contribution in [0, 0.1) is 17.2 Å². The van der Waals surface area contributed by atoms with E-state index in [0.29, 0.717) is 18.2 Å². The molecule has 0 fully saturated rings. The first-order valence-electron chi connectivity index (χ1n) is 4.92. The first-order valence-corrected chi connectivity index (χ1v) is 5.45. The Hall–Kier alpha value is -0.520. The first kappa shape index (κ1) is 13.5. The standard InChI is InChI=1S/C11H19ClN2/c1-10(2)8-14(6-4-5-13)9-11(3)7-12/h10H,3-4,6-9H2,1-2H3. The predicted molar refractivity (Wildman–Crippen MR) is 61.4 cm³/mol. The SMILES string of the molecule is C=C(CCl)CN(CCC#N)CC(C)C. The molecule has 0 rings (SSSR count). The Morgan fingerprint density at radius 2 is 2.21 bits per heavy atom. The fourth-order valence-corrected chi connectivity index (χ4v) is 1.40. The van der Waals surface area contributed by atoms with Crippen molar-refractivity contribution in [2.24, 2.45) is 5.92 Å². The molecule has 0 N–H and O–H groups in total. The van der Waals surface area contributed by atoms with Gasteiger partial charge < -0.3 is 0 Å². The Labute approximate surface area is 92.2 Å². The summed E-state index contributed by atoms with van der Waals surface area (Å²) in [5.74, 6) is 1.11. The lowest BCUT2D eigenvalue weighted by atomic mass is 10.2. The summed E-state index contributed by atoms with van der Waals surface area (Å²) in [7, 11) is 0. The van der Waals surface area contributed by atoms with Crippen LogP contribution < -0.4 is 0 Å². The third-order valence-electron chi connectivity index (χ3n) is 1.80. The van der Waals surface area contributed by atoms with Crippen molar-refractivity contribution in [2.45, 2.75) is 20.3 Å². The van der Waals surface area contributed by atoms with Crippen molar-refractivity contribution in [3.05, 3.63) is 12.2 Å². The molecule has 0 aliphatic carbocycles. The fraction of sp³-hybridized carbons (Fsp3) is 0.727. The number of nitriles is 1. The van der Waals surface area contributed by atoms with E-state index in [4.69, 9.17) is 16.9 Å². The van der Waals surface area contributed by atoms with E-state index < -0.39 is 0 Å². The molecule has 0 saturated carbocycles. The van der Waals surface area contributed by atoms with Crippen LogP contribution >= 0.6 is 11.6 Å². The van der Waals surface area contributed by atoms with Crippen molar-refractivity contribution < 1.29 is 0 Å². The van der Waals surface area contributed by atoms with Crippen LogP contribution in [0.3, 0.4) is 0 Å². The lowest BCUT2D eigenvalue weighted by Crippen LogP contribution is -2.30. The zero-order valence-electron chi connectivity index (χ0n) is 9.09. The van der Waals surface area contributed by atoms with Gasteiger partial charge in [-0.2, -0.15) is 5.26 Å². The minimum Gasteiger partial charge on any atom is -0.298 e. The maximum absolute atomic E-state index is 8.52. The van der Waals surface area contributed by atoms with Crippen molar-refractivity contribution in [1.82, 2.24) is 4.90 Å². The van der Waals surface area contributed by atoms with Gasteiger partial charge in [-0.25, -0.2) is 0 Å². The largest absolute Gasteiger partial charge is 0.298 e. The Kier molecular flexibility index (Phi) is 7.55. The van der Waals surface area contributed by atoms with Crippen LogP contribution in [0.15, 0.2) is 12.2 Å². The number of hydrogen-bond acceptors (Lipinski definition) is 2. The third-order valence-corrected chi connectivity index (χ3v) is 2.18. The predicted octanol–water partition coefficient (Wildman–Crippen LogP) is 2.65. The molecule has 3 heteroatoms. The van der Waals surface area contributed by atoms with Crippen LogP contribution in [-0.4, -0.2) is 30.4 Å². The van der Waals surface area contributed by atoms with Crippen LogP contribution in [0.5, 0.6) is 0 Å². The Bertz CT molecular complexity index is 206. The van der Waals surface area contributed by atoms with E-state index in [1.165, 1.54) is 0 Å². The Morgan fingerprint density at radius 3 is 2.64 bits per heavy atom. The minimum absolute atomic E-state index is 0.501. The second-order valence-electron chi connectivity index (χ2n) is 3.92. The molecule has 0 atom stereocenters. The summed E-state index contributed by atoms with van der Waals surface area (Å²) in [6, 6.07) is 2.16. The summed E-state index contributed by atoms with van der Waals surface area (Å²) in [5.41, 5.74) is 1.02. The van der Waals surface area contributed by atoms with E-state index in [-0.39, 0.29) is 0 Å². The van der Waals surface area contributed by atoms with Gasteiger partial charge in [-0.3, -0.25) is 4.90 Å². The zero-order chi connectivity index (χ0) is 11.0. The summed E-state index contributed by atoms with van der Waals surface area (Å²) in [4.78, 5) is 2.23. The van der Waals surface area contributed by atoms with Gasteiger partial charge in [0.15, 0.2) is 0 Å². The highest BCUT2D eigenvalue weighted by Crippen LogP contribution is 2.04. The molecular weight excluding hydrogens is 196 g/mol. The molecule has 14 heavy (non-hydrogen) atoms. The molecule has 0 aromatic rings. The van der Waals surface area contributed by atoms with Crippen LogP contribution in [0.25, 0.3) is 0 Å². The van der Waals surface area contributed by atoms with Crippen LogP contribution in [0.4, 0.5) is 0 Å². The van der Waals surface area contributed by atoms with E-state index in [2.05, 4.69) is 31.4 Å². The number of rotatable bonds is 7. The summed E-state index contributed by atoms with van der Waals surface area (Å²) in [6.45, 7) is 10.8. The molecule has 0 bridgehead atoms. The van der Waals surface area contributed by atoms with Gasteiger partial charge in [-0.1, -0.05) is 20.4 Å². The molecule has 0 aromatic carbocycles. The molecule has 0 unspecified atom stereocenters. The Morgan fingerprint density at radius 1 is 1.57 bits per heavy atom. The molecule has 0 heterocycles. The number of hydrogen-bond donors (Lipinski definition) is 0. The van der Waals surface area contributed by atoms with Crippen LogP contribution in [-0.2, 0) is 0 Å². The maximum Gasteiger partial charge on any atom is 0.0635 e. The van der Waals surface area contributed by atoms with Gasteiger partial charge in [-0.15, -0.1) is 11.6 Å². The van der Waals surface area contributed by atoms with E-state index in [1.807, 2.05) is 0 Å². The molecule has 0 aliphatic heterocycles. The summed E-state index contributed by atoms with van der Waals surface area (Å²) in [5, 5.41) is 8.52. The van der Waals surface area contributed by atoms with E-state index >= 15 is 0 Å². The second kappa shape index (κ2) is 7.84. The Balaban J connectivity index is 3.97. The highest BCUT2D eigenvalue weighted by molar-refractivity contribution is 6.19. The average Bonchev–Trinajstić information content (AvgIpc) is 2.13. The van der Waals surface area contributed by atoms with Gasteiger partial charge in [0.05, 0.1) is 6.07 Å². The third kappa shape index (κ3) is 6.94. The second-order valence-corrected chi connectivity index (χ2v) is 4.19. The maximum atomic E-state index is 8.52.